The van der Waals surface area contributed by atoms with Gasteiger partial charge in [-0.05, 0) is 42.7 Å². The maximum Gasteiger partial charge on any atom is 0.337 e. The van der Waals surface area contributed by atoms with Crippen LogP contribution in [-0.4, -0.2) is 17.6 Å². The number of hydrogen-bond donors (Lipinski definition) is 0. The van der Waals surface area contributed by atoms with Crippen molar-refractivity contribution in [3.63, 3.8) is 0 Å². The topological polar surface area (TPSA) is 48.3 Å². The van der Waals surface area contributed by atoms with Gasteiger partial charge in [0.2, 0.25) is 0 Å². The summed E-state index contributed by atoms with van der Waals surface area (Å²) in [6, 6.07) is 8.76. The van der Waals surface area contributed by atoms with E-state index in [-0.39, 0.29) is 16.6 Å². The van der Waals surface area contributed by atoms with Crippen molar-refractivity contribution >= 4 is 23.6 Å². The average Bonchev–Trinajstić information content (AvgIpc) is 2.57. The number of aromatic nitrogens is 1. The van der Waals surface area contributed by atoms with Crippen molar-refractivity contribution in [2.45, 2.75) is 19.9 Å². The van der Waals surface area contributed by atoms with Gasteiger partial charge >= 0.3 is 5.97 Å². The molecule has 0 fully saturated rings. The van der Waals surface area contributed by atoms with Crippen molar-refractivity contribution in [2.75, 3.05) is 7.11 Å². The maximum atomic E-state index is 12.2. The maximum absolute atomic E-state index is 12.2. The number of rotatable bonds is 5. The molecule has 23 heavy (non-hydrogen) atoms. The second-order valence-corrected chi connectivity index (χ2v) is 5.54. The number of nitrogens with zero attached hydrogens (tertiary/aromatic N) is 1. The van der Waals surface area contributed by atoms with Gasteiger partial charge in [-0.2, -0.15) is 0 Å². The van der Waals surface area contributed by atoms with E-state index < -0.39 is 0 Å². The summed E-state index contributed by atoms with van der Waals surface area (Å²) in [6.07, 6.45) is 2.33. The Morgan fingerprint density at radius 2 is 2.00 bits per heavy atom. The molecule has 4 nitrogen and oxygen atoms in total. The van der Waals surface area contributed by atoms with Crippen LogP contribution in [0.1, 0.15) is 27.2 Å². The van der Waals surface area contributed by atoms with Crippen LogP contribution in [-0.2, 0) is 17.7 Å². The zero-order valence-electron chi connectivity index (χ0n) is 13.1. The summed E-state index contributed by atoms with van der Waals surface area (Å²) in [5.74, 6) is -0.367. The highest BCUT2D eigenvalue weighted by Gasteiger charge is 2.09. The Kier molecular flexibility index (Phi) is 5.40. The molecule has 0 atom stereocenters. The van der Waals surface area contributed by atoms with Crippen molar-refractivity contribution in [1.82, 2.24) is 4.57 Å². The summed E-state index contributed by atoms with van der Waals surface area (Å²) in [4.78, 5) is 23.6. The first-order chi connectivity index (χ1) is 11.0. The lowest BCUT2D eigenvalue weighted by atomic mass is 10.1. The molecule has 0 aliphatic carbocycles. The van der Waals surface area contributed by atoms with Crippen molar-refractivity contribution in [2.24, 2.45) is 0 Å². The van der Waals surface area contributed by atoms with E-state index >= 15 is 0 Å². The lowest BCUT2D eigenvalue weighted by molar-refractivity contribution is 0.0600. The molecule has 0 radical (unpaired) electrons. The molecule has 0 bridgehead atoms. The van der Waals surface area contributed by atoms with Gasteiger partial charge in [0.25, 0.3) is 5.56 Å². The van der Waals surface area contributed by atoms with E-state index in [0.717, 1.165) is 16.8 Å². The minimum atomic E-state index is -0.367. The van der Waals surface area contributed by atoms with Gasteiger partial charge in [0.15, 0.2) is 0 Å². The molecule has 0 saturated heterocycles. The standard InChI is InChI=1S/C18H18ClNO3/c1-4-14-11-16(19)17(21)20(12(14)2)10-9-13-5-7-15(8-6-13)18(22)23-3/h4-8,11H,1,9-10H2,2-3H3. The van der Waals surface area contributed by atoms with Crippen LogP contribution < -0.4 is 5.56 Å². The normalized spacial score (nSPS) is 10.4. The van der Waals surface area contributed by atoms with E-state index in [9.17, 15) is 9.59 Å². The monoisotopic (exact) mass is 331 g/mol. The molecule has 5 heteroatoms. The third-order valence-electron chi connectivity index (χ3n) is 3.77. The number of carbonyl (C=O) groups excluding carboxylic acids is 1. The Morgan fingerprint density at radius 1 is 1.35 bits per heavy atom. The SMILES string of the molecule is C=Cc1cc(Cl)c(=O)n(CCc2ccc(C(=O)OC)cc2)c1C. The van der Waals surface area contributed by atoms with Crippen LogP contribution in [0.15, 0.2) is 41.7 Å². The fourth-order valence-corrected chi connectivity index (χ4v) is 2.60. The van der Waals surface area contributed by atoms with Gasteiger partial charge in [0.05, 0.1) is 12.7 Å². The first-order valence-electron chi connectivity index (χ1n) is 7.17. The van der Waals surface area contributed by atoms with Crippen LogP contribution in [0.3, 0.4) is 0 Å². The van der Waals surface area contributed by atoms with Gasteiger partial charge in [0, 0.05) is 12.2 Å². The fraction of sp³-hybridized carbons (Fsp3) is 0.222. The third-order valence-corrected chi connectivity index (χ3v) is 4.04. The average molecular weight is 332 g/mol. The first-order valence-corrected chi connectivity index (χ1v) is 7.55. The summed E-state index contributed by atoms with van der Waals surface area (Å²) < 4.78 is 6.31. The number of hydrogen-bond acceptors (Lipinski definition) is 3. The Balaban J connectivity index is 2.21. The highest BCUT2D eigenvalue weighted by Crippen LogP contribution is 2.14. The molecule has 1 aromatic heterocycles. The van der Waals surface area contributed by atoms with E-state index in [1.54, 1.807) is 28.8 Å². The largest absolute Gasteiger partial charge is 0.465 e. The molecule has 0 saturated carbocycles. The number of esters is 1. The van der Waals surface area contributed by atoms with Gasteiger partial charge in [-0.15, -0.1) is 0 Å². The number of halogens is 1. The highest BCUT2D eigenvalue weighted by atomic mass is 35.5. The third kappa shape index (κ3) is 3.71. The molecule has 0 aliphatic heterocycles. The summed E-state index contributed by atoms with van der Waals surface area (Å²) in [6.45, 7) is 6.11. The lowest BCUT2D eigenvalue weighted by Crippen LogP contribution is -2.24. The summed E-state index contributed by atoms with van der Waals surface area (Å²) in [7, 11) is 1.35. The van der Waals surface area contributed by atoms with E-state index in [2.05, 4.69) is 11.3 Å². The summed E-state index contributed by atoms with van der Waals surface area (Å²) >= 11 is 5.99. The molecule has 0 unspecified atom stereocenters. The molecular formula is C18H18ClNO3. The van der Waals surface area contributed by atoms with Crippen LogP contribution >= 0.6 is 11.6 Å². The number of methoxy groups -OCH3 is 1. The first kappa shape index (κ1) is 17.0. The van der Waals surface area contributed by atoms with E-state index in [1.165, 1.54) is 7.11 Å². The van der Waals surface area contributed by atoms with Gasteiger partial charge in [0.1, 0.15) is 5.02 Å². The van der Waals surface area contributed by atoms with Crippen LogP contribution in [0.2, 0.25) is 5.02 Å². The predicted octanol–water partition coefficient (Wildman–Crippen LogP) is 3.48. The van der Waals surface area contributed by atoms with Crippen molar-refractivity contribution in [3.05, 3.63) is 74.7 Å². The molecule has 0 spiro atoms. The number of benzene rings is 1. The van der Waals surface area contributed by atoms with Crippen molar-refractivity contribution < 1.29 is 9.53 Å². The second-order valence-electron chi connectivity index (χ2n) is 5.13. The Hall–Kier alpha value is -2.33. The summed E-state index contributed by atoms with van der Waals surface area (Å²) in [5.41, 5.74) is 2.99. The number of aryl methyl sites for hydroxylation is 1. The molecular weight excluding hydrogens is 314 g/mol. The molecule has 2 rings (SSSR count). The molecule has 0 N–H and O–H groups in total. The zero-order valence-corrected chi connectivity index (χ0v) is 13.9. The minimum Gasteiger partial charge on any atom is -0.465 e. The molecule has 1 heterocycles. The molecule has 1 aromatic carbocycles. The Bertz CT molecular complexity index is 791. The van der Waals surface area contributed by atoms with Crippen molar-refractivity contribution in [3.8, 4) is 0 Å². The smallest absolute Gasteiger partial charge is 0.337 e. The van der Waals surface area contributed by atoms with E-state index in [0.29, 0.717) is 18.5 Å². The molecule has 120 valence electrons. The summed E-state index contributed by atoms with van der Waals surface area (Å²) in [5, 5.41) is 0.187. The van der Waals surface area contributed by atoms with Crippen molar-refractivity contribution in [1.29, 1.82) is 0 Å². The van der Waals surface area contributed by atoms with Crippen LogP contribution in [0, 0.1) is 6.92 Å². The lowest BCUT2D eigenvalue weighted by Gasteiger charge is -2.13. The predicted molar refractivity (Wildman–Crippen MR) is 92.0 cm³/mol. The molecule has 0 aliphatic rings. The second kappa shape index (κ2) is 7.29. The van der Waals surface area contributed by atoms with E-state index in [4.69, 9.17) is 11.6 Å². The van der Waals surface area contributed by atoms with Crippen LogP contribution in [0.4, 0.5) is 0 Å². The Labute approximate surface area is 140 Å². The van der Waals surface area contributed by atoms with Crippen LogP contribution in [0.5, 0.6) is 0 Å². The quantitative estimate of drug-likeness (QED) is 0.788. The van der Waals surface area contributed by atoms with E-state index in [1.807, 2.05) is 19.1 Å². The zero-order chi connectivity index (χ0) is 17.0. The van der Waals surface area contributed by atoms with Crippen LogP contribution in [0.25, 0.3) is 6.08 Å². The highest BCUT2D eigenvalue weighted by molar-refractivity contribution is 6.30. The molecule has 0 amide bonds. The van der Waals surface area contributed by atoms with Gasteiger partial charge < -0.3 is 9.30 Å². The van der Waals surface area contributed by atoms with Gasteiger partial charge in [-0.1, -0.05) is 36.4 Å². The number of ether oxygens (including phenoxy) is 1. The minimum absolute atomic E-state index is 0.187. The van der Waals surface area contributed by atoms with Gasteiger partial charge in [-0.3, -0.25) is 4.79 Å². The number of pyridine rings is 1. The Morgan fingerprint density at radius 3 is 2.57 bits per heavy atom. The van der Waals surface area contributed by atoms with Gasteiger partial charge in [-0.25, -0.2) is 4.79 Å². The number of carbonyl (C=O) groups is 1. The molecule has 2 aromatic rings. The fourth-order valence-electron chi connectivity index (χ4n) is 2.38.